The molecule has 0 saturated heterocycles. The van der Waals surface area contributed by atoms with Gasteiger partial charge < -0.3 is 15.5 Å². The predicted octanol–water partition coefficient (Wildman–Crippen LogP) is 1.87. The van der Waals surface area contributed by atoms with Gasteiger partial charge in [0.15, 0.2) is 0 Å². The van der Waals surface area contributed by atoms with Crippen molar-refractivity contribution in [3.8, 4) is 0 Å². The molecule has 0 aliphatic heterocycles. The standard InChI is InChI=1S/C13H14N2O2/c1-9(13(16)15-8-14)6-11-7-10-4-2-3-5-12(10)17-11/h2-7H,8,14H2,1H3,(H,15,16)/b9-6+. The van der Waals surface area contributed by atoms with Gasteiger partial charge in [-0.1, -0.05) is 18.2 Å². The Kier molecular flexibility index (Phi) is 3.25. The number of rotatable bonds is 3. The first-order chi connectivity index (χ1) is 8.20. The van der Waals surface area contributed by atoms with E-state index in [0.29, 0.717) is 11.3 Å². The fourth-order valence-corrected chi connectivity index (χ4v) is 1.58. The highest BCUT2D eigenvalue weighted by atomic mass is 16.3. The maximum absolute atomic E-state index is 11.5. The Balaban J connectivity index is 2.28. The molecule has 4 nitrogen and oxygen atoms in total. The minimum Gasteiger partial charge on any atom is -0.457 e. The van der Waals surface area contributed by atoms with E-state index in [2.05, 4.69) is 5.32 Å². The summed E-state index contributed by atoms with van der Waals surface area (Å²) in [6.45, 7) is 1.85. The van der Waals surface area contributed by atoms with Crippen LogP contribution in [0.5, 0.6) is 0 Å². The summed E-state index contributed by atoms with van der Waals surface area (Å²) in [6.07, 6.45) is 1.70. The molecule has 1 amide bonds. The van der Waals surface area contributed by atoms with E-state index in [1.165, 1.54) is 0 Å². The minimum atomic E-state index is -0.187. The highest BCUT2D eigenvalue weighted by Crippen LogP contribution is 2.20. The summed E-state index contributed by atoms with van der Waals surface area (Å²) in [5.74, 6) is 0.476. The maximum Gasteiger partial charge on any atom is 0.248 e. The lowest BCUT2D eigenvalue weighted by Gasteiger charge is -2.00. The highest BCUT2D eigenvalue weighted by molar-refractivity contribution is 5.97. The first-order valence-electron chi connectivity index (χ1n) is 5.36. The molecule has 0 radical (unpaired) electrons. The molecular weight excluding hydrogens is 216 g/mol. The number of carbonyl (C=O) groups is 1. The largest absolute Gasteiger partial charge is 0.457 e. The van der Waals surface area contributed by atoms with Crippen molar-refractivity contribution < 1.29 is 9.21 Å². The minimum absolute atomic E-state index is 0.129. The van der Waals surface area contributed by atoms with Crippen molar-refractivity contribution in [1.29, 1.82) is 0 Å². The molecule has 17 heavy (non-hydrogen) atoms. The summed E-state index contributed by atoms with van der Waals surface area (Å²) in [6, 6.07) is 9.61. The third-order valence-electron chi connectivity index (χ3n) is 2.42. The SMILES string of the molecule is C/C(=C\c1cc2ccccc2o1)C(=O)NCN. The van der Waals surface area contributed by atoms with E-state index in [1.54, 1.807) is 13.0 Å². The first-order valence-corrected chi connectivity index (χ1v) is 5.36. The van der Waals surface area contributed by atoms with Crippen molar-refractivity contribution in [2.75, 3.05) is 6.67 Å². The summed E-state index contributed by atoms with van der Waals surface area (Å²) in [5.41, 5.74) is 6.61. The van der Waals surface area contributed by atoms with Crippen LogP contribution in [0.3, 0.4) is 0 Å². The molecule has 0 bridgehead atoms. The Morgan fingerprint density at radius 1 is 1.47 bits per heavy atom. The molecule has 2 aromatic rings. The van der Waals surface area contributed by atoms with Crippen molar-refractivity contribution in [2.45, 2.75) is 6.92 Å². The van der Waals surface area contributed by atoms with Crippen LogP contribution < -0.4 is 11.1 Å². The molecule has 4 heteroatoms. The molecular formula is C13H14N2O2. The van der Waals surface area contributed by atoms with Gasteiger partial charge in [0.1, 0.15) is 11.3 Å². The molecule has 1 aromatic carbocycles. The van der Waals surface area contributed by atoms with Crippen LogP contribution in [-0.4, -0.2) is 12.6 Å². The van der Waals surface area contributed by atoms with E-state index in [9.17, 15) is 4.79 Å². The highest BCUT2D eigenvalue weighted by Gasteiger charge is 2.05. The van der Waals surface area contributed by atoms with Crippen LogP contribution in [0.1, 0.15) is 12.7 Å². The number of carbonyl (C=O) groups excluding carboxylic acids is 1. The quantitative estimate of drug-likeness (QED) is 0.624. The van der Waals surface area contributed by atoms with Crippen molar-refractivity contribution >= 4 is 23.0 Å². The number of furan rings is 1. The molecule has 0 fully saturated rings. The van der Waals surface area contributed by atoms with Gasteiger partial charge in [0.2, 0.25) is 5.91 Å². The summed E-state index contributed by atoms with van der Waals surface area (Å²) in [4.78, 5) is 11.5. The molecule has 0 spiro atoms. The van der Waals surface area contributed by atoms with Gasteiger partial charge in [-0.3, -0.25) is 4.79 Å². The maximum atomic E-state index is 11.5. The van der Waals surface area contributed by atoms with Crippen molar-refractivity contribution in [1.82, 2.24) is 5.32 Å². The van der Waals surface area contributed by atoms with Gasteiger partial charge in [-0.05, 0) is 25.1 Å². The molecule has 0 atom stereocenters. The Morgan fingerprint density at radius 3 is 2.94 bits per heavy atom. The van der Waals surface area contributed by atoms with Gasteiger partial charge in [0, 0.05) is 11.0 Å². The second-order valence-electron chi connectivity index (χ2n) is 3.72. The van der Waals surface area contributed by atoms with Crippen LogP contribution in [0, 0.1) is 0 Å². The predicted molar refractivity (Wildman–Crippen MR) is 67.1 cm³/mol. The van der Waals surface area contributed by atoms with Gasteiger partial charge in [0.05, 0.1) is 6.67 Å². The smallest absolute Gasteiger partial charge is 0.248 e. The second kappa shape index (κ2) is 4.84. The summed E-state index contributed by atoms with van der Waals surface area (Å²) >= 11 is 0. The van der Waals surface area contributed by atoms with E-state index in [-0.39, 0.29) is 12.6 Å². The average molecular weight is 230 g/mol. The first kappa shape index (κ1) is 11.4. The third-order valence-corrected chi connectivity index (χ3v) is 2.42. The van der Waals surface area contributed by atoms with Crippen molar-refractivity contribution in [2.24, 2.45) is 5.73 Å². The van der Waals surface area contributed by atoms with E-state index in [0.717, 1.165) is 11.0 Å². The average Bonchev–Trinajstić information content (AvgIpc) is 2.71. The van der Waals surface area contributed by atoms with Gasteiger partial charge in [0.25, 0.3) is 0 Å². The molecule has 0 unspecified atom stereocenters. The zero-order valence-electron chi connectivity index (χ0n) is 9.57. The third kappa shape index (κ3) is 2.54. The number of hydrogen-bond acceptors (Lipinski definition) is 3. The van der Waals surface area contributed by atoms with Gasteiger partial charge >= 0.3 is 0 Å². The lowest BCUT2D eigenvalue weighted by Crippen LogP contribution is -2.29. The Morgan fingerprint density at radius 2 is 2.24 bits per heavy atom. The van der Waals surface area contributed by atoms with E-state index in [4.69, 9.17) is 10.2 Å². The lowest BCUT2D eigenvalue weighted by molar-refractivity contribution is -0.117. The topological polar surface area (TPSA) is 68.3 Å². The van der Waals surface area contributed by atoms with Crippen LogP contribution in [0.25, 0.3) is 17.0 Å². The Hall–Kier alpha value is -2.07. The van der Waals surface area contributed by atoms with E-state index in [1.807, 2.05) is 30.3 Å². The zero-order chi connectivity index (χ0) is 12.3. The molecule has 3 N–H and O–H groups in total. The van der Waals surface area contributed by atoms with Crippen molar-refractivity contribution in [3.05, 3.63) is 41.7 Å². The molecule has 0 aliphatic rings. The van der Waals surface area contributed by atoms with E-state index >= 15 is 0 Å². The number of hydrogen-bond donors (Lipinski definition) is 2. The number of para-hydroxylation sites is 1. The Labute approximate surface area is 99.1 Å². The zero-order valence-corrected chi connectivity index (χ0v) is 9.57. The van der Waals surface area contributed by atoms with Gasteiger partial charge in [-0.15, -0.1) is 0 Å². The molecule has 2 rings (SSSR count). The lowest BCUT2D eigenvalue weighted by atomic mass is 10.2. The van der Waals surface area contributed by atoms with Crippen molar-refractivity contribution in [3.63, 3.8) is 0 Å². The number of amides is 1. The van der Waals surface area contributed by atoms with Crippen LogP contribution in [0.15, 0.2) is 40.3 Å². The summed E-state index contributed by atoms with van der Waals surface area (Å²) in [5, 5.41) is 3.55. The molecule has 88 valence electrons. The van der Waals surface area contributed by atoms with Crippen LogP contribution in [0.2, 0.25) is 0 Å². The fraction of sp³-hybridized carbons (Fsp3) is 0.154. The molecule has 1 aromatic heterocycles. The summed E-state index contributed by atoms with van der Waals surface area (Å²) < 4.78 is 5.58. The normalized spacial score (nSPS) is 11.8. The van der Waals surface area contributed by atoms with E-state index < -0.39 is 0 Å². The number of fused-ring (bicyclic) bond motifs is 1. The number of nitrogens with one attached hydrogen (secondary N) is 1. The second-order valence-corrected chi connectivity index (χ2v) is 3.72. The van der Waals surface area contributed by atoms with Crippen LogP contribution >= 0.6 is 0 Å². The van der Waals surface area contributed by atoms with Crippen LogP contribution in [-0.2, 0) is 4.79 Å². The monoisotopic (exact) mass is 230 g/mol. The number of nitrogens with two attached hydrogens (primary N) is 1. The van der Waals surface area contributed by atoms with Gasteiger partial charge in [-0.25, -0.2) is 0 Å². The summed E-state index contributed by atoms with van der Waals surface area (Å²) in [7, 11) is 0. The Bertz CT molecular complexity index is 537. The molecule has 0 aliphatic carbocycles. The van der Waals surface area contributed by atoms with Crippen LogP contribution in [0.4, 0.5) is 0 Å². The molecule has 0 saturated carbocycles. The fourth-order valence-electron chi connectivity index (χ4n) is 1.58. The van der Waals surface area contributed by atoms with Gasteiger partial charge in [-0.2, -0.15) is 0 Å². The number of benzene rings is 1. The molecule has 1 heterocycles.